The van der Waals surface area contributed by atoms with Crippen molar-refractivity contribution < 1.29 is 9.66 Å². The quantitative estimate of drug-likeness (QED) is 0.393. The molecule has 6 heteroatoms. The third kappa shape index (κ3) is 2.08. The average molecular weight is 415 g/mol. The van der Waals surface area contributed by atoms with Gasteiger partial charge in [-0.3, -0.25) is 10.1 Å². The fraction of sp³-hybridized carbons (Fsp3) is 0.300. The molecule has 1 unspecified atom stereocenters. The van der Waals surface area contributed by atoms with E-state index in [0.29, 0.717) is 5.75 Å². The van der Waals surface area contributed by atoms with E-state index in [1.54, 1.807) is 12.1 Å². The summed E-state index contributed by atoms with van der Waals surface area (Å²) < 4.78 is 6.53. The number of ether oxygens (including phenoxy) is 1. The standard InChI is InChI=1S/C20H19BrN2O3/c1-19(2)18-14(12-21)5-4-6-16(18)22(3)20(19)10-9-13-11-15(23(24)25)7-8-17(13)26-20/h4-11H,12H2,1-3H3. The number of likely N-dealkylation sites (N-methyl/N-ethyl adjacent to an activating group) is 1. The fourth-order valence-electron chi connectivity index (χ4n) is 4.27. The van der Waals surface area contributed by atoms with Crippen molar-refractivity contribution in [2.24, 2.45) is 0 Å². The van der Waals surface area contributed by atoms with Gasteiger partial charge < -0.3 is 9.64 Å². The van der Waals surface area contributed by atoms with Gasteiger partial charge >= 0.3 is 0 Å². The lowest BCUT2D eigenvalue weighted by Gasteiger charge is -2.45. The van der Waals surface area contributed by atoms with Gasteiger partial charge in [0.25, 0.3) is 5.69 Å². The number of fused-ring (bicyclic) bond motifs is 2. The maximum Gasteiger partial charge on any atom is 0.270 e. The molecule has 4 rings (SSSR count). The van der Waals surface area contributed by atoms with Crippen LogP contribution in [0.15, 0.2) is 42.5 Å². The Labute approximate surface area is 160 Å². The van der Waals surface area contributed by atoms with E-state index < -0.39 is 5.72 Å². The third-order valence-corrected chi connectivity index (χ3v) is 6.22. The van der Waals surface area contributed by atoms with Crippen molar-refractivity contribution >= 4 is 33.4 Å². The Morgan fingerprint density at radius 2 is 2.04 bits per heavy atom. The van der Waals surface area contributed by atoms with Gasteiger partial charge in [0.15, 0.2) is 0 Å². The first-order valence-corrected chi connectivity index (χ1v) is 9.53. The molecule has 1 spiro atoms. The Bertz CT molecular complexity index is 954. The Hall–Kier alpha value is -2.34. The molecule has 0 aromatic heterocycles. The van der Waals surface area contributed by atoms with Crippen LogP contribution in [0.5, 0.6) is 5.75 Å². The number of nitro groups is 1. The number of rotatable bonds is 2. The van der Waals surface area contributed by atoms with Crippen LogP contribution in [-0.2, 0) is 10.7 Å². The summed E-state index contributed by atoms with van der Waals surface area (Å²) in [5.74, 6) is 0.659. The molecule has 2 aromatic carbocycles. The molecule has 0 N–H and O–H groups in total. The number of non-ortho nitro benzene ring substituents is 1. The molecule has 26 heavy (non-hydrogen) atoms. The van der Waals surface area contributed by atoms with Crippen molar-refractivity contribution in [3.63, 3.8) is 0 Å². The summed E-state index contributed by atoms with van der Waals surface area (Å²) >= 11 is 3.60. The molecular weight excluding hydrogens is 396 g/mol. The Balaban J connectivity index is 1.86. The highest BCUT2D eigenvalue weighted by Gasteiger charge is 2.58. The predicted octanol–water partition coefficient (Wildman–Crippen LogP) is 5.02. The Kier molecular flexibility index (Phi) is 3.67. The molecule has 2 aliphatic heterocycles. The van der Waals surface area contributed by atoms with Crippen LogP contribution in [-0.4, -0.2) is 17.7 Å². The molecular formula is C20H19BrN2O3. The normalized spacial score (nSPS) is 22.1. The minimum absolute atomic E-state index is 0.0665. The molecule has 134 valence electrons. The van der Waals surface area contributed by atoms with Crippen LogP contribution in [0.2, 0.25) is 0 Å². The maximum absolute atomic E-state index is 11.0. The van der Waals surface area contributed by atoms with E-state index in [1.807, 2.05) is 19.2 Å². The first-order valence-electron chi connectivity index (χ1n) is 8.40. The number of anilines is 1. The molecule has 5 nitrogen and oxygen atoms in total. The number of nitro benzene ring substituents is 1. The van der Waals surface area contributed by atoms with Gasteiger partial charge in [0, 0.05) is 35.8 Å². The van der Waals surface area contributed by atoms with Crippen molar-refractivity contribution in [3.05, 3.63) is 69.3 Å². The monoisotopic (exact) mass is 414 g/mol. The van der Waals surface area contributed by atoms with Crippen molar-refractivity contribution in [2.75, 3.05) is 11.9 Å². The van der Waals surface area contributed by atoms with Crippen LogP contribution in [0.4, 0.5) is 11.4 Å². The molecule has 0 amide bonds. The molecule has 0 aliphatic carbocycles. The Morgan fingerprint density at radius 3 is 2.73 bits per heavy atom. The number of benzene rings is 2. The first-order chi connectivity index (χ1) is 12.3. The molecule has 2 heterocycles. The second-order valence-electron chi connectivity index (χ2n) is 7.24. The molecule has 2 aliphatic rings. The first kappa shape index (κ1) is 17.1. The molecule has 0 radical (unpaired) electrons. The summed E-state index contributed by atoms with van der Waals surface area (Å²) in [6.45, 7) is 4.37. The second kappa shape index (κ2) is 5.58. The predicted molar refractivity (Wildman–Crippen MR) is 106 cm³/mol. The molecule has 0 saturated heterocycles. The zero-order valence-corrected chi connectivity index (χ0v) is 16.4. The molecule has 1 atom stereocenters. The van der Waals surface area contributed by atoms with Gasteiger partial charge in [0.2, 0.25) is 5.72 Å². The zero-order chi connectivity index (χ0) is 18.7. The van der Waals surface area contributed by atoms with Crippen LogP contribution in [0.25, 0.3) is 6.08 Å². The minimum atomic E-state index is -0.684. The highest BCUT2D eigenvalue weighted by atomic mass is 79.9. The third-order valence-electron chi connectivity index (χ3n) is 5.61. The molecule has 0 fully saturated rings. The SMILES string of the molecule is CN1c2cccc(CBr)c2C(C)(C)C12C=Cc1cc([N+](=O)[O-])ccc1O2. The van der Waals surface area contributed by atoms with E-state index in [4.69, 9.17) is 4.74 Å². The van der Waals surface area contributed by atoms with E-state index >= 15 is 0 Å². The zero-order valence-electron chi connectivity index (χ0n) is 14.8. The van der Waals surface area contributed by atoms with Gasteiger partial charge in [-0.1, -0.05) is 28.1 Å². The molecule has 2 aromatic rings. The number of halogens is 1. The van der Waals surface area contributed by atoms with Crippen molar-refractivity contribution in [2.45, 2.75) is 30.3 Å². The van der Waals surface area contributed by atoms with Gasteiger partial charge in [-0.25, -0.2) is 0 Å². The van der Waals surface area contributed by atoms with Gasteiger partial charge in [0.1, 0.15) is 5.75 Å². The molecule has 0 saturated carbocycles. The molecule has 0 bridgehead atoms. The largest absolute Gasteiger partial charge is 0.463 e. The highest BCUT2D eigenvalue weighted by molar-refractivity contribution is 9.08. The second-order valence-corrected chi connectivity index (χ2v) is 7.80. The lowest BCUT2D eigenvalue weighted by molar-refractivity contribution is -0.384. The summed E-state index contributed by atoms with van der Waals surface area (Å²) in [6.07, 6.45) is 3.96. The van der Waals surface area contributed by atoms with E-state index in [1.165, 1.54) is 17.2 Å². The van der Waals surface area contributed by atoms with Crippen molar-refractivity contribution in [1.82, 2.24) is 0 Å². The summed E-state index contributed by atoms with van der Waals surface area (Å²) in [5.41, 5.74) is 3.44. The van der Waals surface area contributed by atoms with Gasteiger partial charge in [-0.15, -0.1) is 0 Å². The number of hydrogen-bond acceptors (Lipinski definition) is 4. The highest BCUT2D eigenvalue weighted by Crippen LogP contribution is 2.55. The smallest absolute Gasteiger partial charge is 0.270 e. The van der Waals surface area contributed by atoms with E-state index in [-0.39, 0.29) is 16.0 Å². The van der Waals surface area contributed by atoms with Crippen LogP contribution < -0.4 is 9.64 Å². The van der Waals surface area contributed by atoms with E-state index in [0.717, 1.165) is 16.6 Å². The van der Waals surface area contributed by atoms with Crippen LogP contribution in [0.3, 0.4) is 0 Å². The number of nitrogens with zero attached hydrogens (tertiary/aromatic N) is 2. The summed E-state index contributed by atoms with van der Waals surface area (Å²) in [5, 5.41) is 11.8. The lowest BCUT2D eigenvalue weighted by Crippen LogP contribution is -2.58. The fourth-order valence-corrected chi connectivity index (χ4v) is 4.74. The summed E-state index contributed by atoms with van der Waals surface area (Å²) in [7, 11) is 2.03. The van der Waals surface area contributed by atoms with Crippen LogP contribution >= 0.6 is 15.9 Å². The van der Waals surface area contributed by atoms with Gasteiger partial charge in [-0.05, 0) is 49.3 Å². The Morgan fingerprint density at radius 1 is 1.27 bits per heavy atom. The number of hydrogen-bond donors (Lipinski definition) is 0. The topological polar surface area (TPSA) is 55.6 Å². The van der Waals surface area contributed by atoms with Gasteiger partial charge in [0.05, 0.1) is 10.3 Å². The minimum Gasteiger partial charge on any atom is -0.463 e. The average Bonchev–Trinajstić information content (AvgIpc) is 2.80. The van der Waals surface area contributed by atoms with Gasteiger partial charge in [-0.2, -0.15) is 0 Å². The maximum atomic E-state index is 11.0. The van der Waals surface area contributed by atoms with Crippen molar-refractivity contribution in [1.29, 1.82) is 0 Å². The van der Waals surface area contributed by atoms with E-state index in [2.05, 4.69) is 52.9 Å². The number of alkyl halides is 1. The van der Waals surface area contributed by atoms with Crippen molar-refractivity contribution in [3.8, 4) is 5.75 Å². The summed E-state index contributed by atoms with van der Waals surface area (Å²) in [4.78, 5) is 12.8. The van der Waals surface area contributed by atoms with Crippen LogP contribution in [0, 0.1) is 10.1 Å². The van der Waals surface area contributed by atoms with Crippen LogP contribution in [0.1, 0.15) is 30.5 Å². The van der Waals surface area contributed by atoms with E-state index in [9.17, 15) is 10.1 Å². The lowest BCUT2D eigenvalue weighted by atomic mass is 9.75. The summed E-state index contributed by atoms with van der Waals surface area (Å²) in [6, 6.07) is 11.0.